The molecule has 1 saturated heterocycles. The van der Waals surface area contributed by atoms with Gasteiger partial charge in [-0.25, -0.2) is 9.78 Å². The van der Waals surface area contributed by atoms with Crippen molar-refractivity contribution in [2.24, 2.45) is 0 Å². The molecule has 1 aromatic rings. The summed E-state index contributed by atoms with van der Waals surface area (Å²) in [5.74, 6) is 0.400. The summed E-state index contributed by atoms with van der Waals surface area (Å²) in [4.78, 5) is 15.8. The van der Waals surface area contributed by atoms with Crippen molar-refractivity contribution in [3.8, 4) is 0 Å². The number of esters is 1. The standard InChI is InChI=1S/C15H23N3O3/c1-3-21-14(19)12-5-6-13(16-9-12)17-10-15(11-20-2)7-4-8-18-15/h5-6,9,18H,3-4,7-8,10-11H2,1-2H3,(H,16,17). The van der Waals surface area contributed by atoms with Crippen LogP contribution < -0.4 is 10.6 Å². The number of nitrogens with zero attached hydrogens (tertiary/aromatic N) is 1. The van der Waals surface area contributed by atoms with Gasteiger partial charge in [0.05, 0.1) is 24.3 Å². The molecule has 0 radical (unpaired) electrons. The molecule has 2 rings (SSSR count). The second-order valence-corrected chi connectivity index (χ2v) is 5.25. The van der Waals surface area contributed by atoms with Gasteiger partial charge in [-0.05, 0) is 38.4 Å². The Morgan fingerprint density at radius 2 is 2.38 bits per heavy atom. The molecule has 1 fully saturated rings. The zero-order valence-electron chi connectivity index (χ0n) is 12.6. The molecule has 1 aliphatic rings. The molecule has 2 N–H and O–H groups in total. The number of rotatable bonds is 7. The smallest absolute Gasteiger partial charge is 0.339 e. The summed E-state index contributed by atoms with van der Waals surface area (Å²) in [5.41, 5.74) is 0.434. The van der Waals surface area contributed by atoms with Crippen molar-refractivity contribution < 1.29 is 14.3 Å². The molecule has 0 bridgehead atoms. The Bertz CT molecular complexity index is 456. The van der Waals surface area contributed by atoms with Crippen LogP contribution in [0.3, 0.4) is 0 Å². The van der Waals surface area contributed by atoms with Gasteiger partial charge in [-0.1, -0.05) is 0 Å². The van der Waals surface area contributed by atoms with Crippen molar-refractivity contribution in [3.05, 3.63) is 23.9 Å². The van der Waals surface area contributed by atoms with E-state index in [2.05, 4.69) is 15.6 Å². The van der Waals surface area contributed by atoms with Crippen molar-refractivity contribution in [2.45, 2.75) is 25.3 Å². The predicted molar refractivity (Wildman–Crippen MR) is 80.5 cm³/mol. The fraction of sp³-hybridized carbons (Fsp3) is 0.600. The van der Waals surface area contributed by atoms with Gasteiger partial charge in [-0.3, -0.25) is 0 Å². The van der Waals surface area contributed by atoms with Crippen LogP contribution in [0.1, 0.15) is 30.1 Å². The Hall–Kier alpha value is -1.66. The minimum absolute atomic E-state index is 0.0315. The van der Waals surface area contributed by atoms with Crippen LogP contribution in [0.25, 0.3) is 0 Å². The number of pyridine rings is 1. The largest absolute Gasteiger partial charge is 0.462 e. The number of carbonyl (C=O) groups is 1. The number of carbonyl (C=O) groups excluding carboxylic acids is 1. The molecule has 1 unspecified atom stereocenters. The first kappa shape index (κ1) is 15.7. The topological polar surface area (TPSA) is 72.5 Å². The molecule has 2 heterocycles. The molecule has 0 aromatic carbocycles. The second-order valence-electron chi connectivity index (χ2n) is 5.25. The van der Waals surface area contributed by atoms with Gasteiger partial charge in [0.2, 0.25) is 0 Å². The highest BCUT2D eigenvalue weighted by Gasteiger charge is 2.33. The lowest BCUT2D eigenvalue weighted by Crippen LogP contribution is -2.49. The zero-order chi connectivity index (χ0) is 15.1. The van der Waals surface area contributed by atoms with E-state index in [4.69, 9.17) is 9.47 Å². The quantitative estimate of drug-likeness (QED) is 0.741. The maximum Gasteiger partial charge on any atom is 0.339 e. The lowest BCUT2D eigenvalue weighted by Gasteiger charge is -2.29. The SMILES string of the molecule is CCOC(=O)c1ccc(NCC2(COC)CCCN2)nc1. The van der Waals surface area contributed by atoms with Gasteiger partial charge >= 0.3 is 5.97 Å². The van der Waals surface area contributed by atoms with Crippen molar-refractivity contribution in [1.82, 2.24) is 10.3 Å². The first-order valence-corrected chi connectivity index (χ1v) is 7.30. The van der Waals surface area contributed by atoms with Gasteiger partial charge in [-0.2, -0.15) is 0 Å². The third-order valence-electron chi connectivity index (χ3n) is 3.64. The first-order valence-electron chi connectivity index (χ1n) is 7.30. The van der Waals surface area contributed by atoms with E-state index in [0.29, 0.717) is 18.8 Å². The highest BCUT2D eigenvalue weighted by atomic mass is 16.5. The minimum atomic E-state index is -0.343. The van der Waals surface area contributed by atoms with Gasteiger partial charge in [0.1, 0.15) is 5.82 Å². The monoisotopic (exact) mass is 293 g/mol. The average molecular weight is 293 g/mol. The molecule has 116 valence electrons. The number of ether oxygens (including phenoxy) is 2. The van der Waals surface area contributed by atoms with Crippen molar-refractivity contribution in [2.75, 3.05) is 38.7 Å². The maximum atomic E-state index is 11.6. The molecule has 1 aromatic heterocycles. The van der Waals surface area contributed by atoms with Crippen LogP contribution in [-0.4, -0.2) is 49.9 Å². The van der Waals surface area contributed by atoms with Crippen LogP contribution in [0.4, 0.5) is 5.82 Å². The molecule has 6 nitrogen and oxygen atoms in total. The van der Waals surface area contributed by atoms with E-state index >= 15 is 0 Å². The van der Waals surface area contributed by atoms with Crippen LogP contribution in [-0.2, 0) is 9.47 Å². The van der Waals surface area contributed by atoms with Crippen molar-refractivity contribution in [3.63, 3.8) is 0 Å². The number of hydrogen-bond donors (Lipinski definition) is 2. The highest BCUT2D eigenvalue weighted by Crippen LogP contribution is 2.20. The number of methoxy groups -OCH3 is 1. The second kappa shape index (κ2) is 7.38. The molecule has 0 saturated carbocycles. The van der Waals surface area contributed by atoms with E-state index in [1.807, 2.05) is 0 Å². The lowest BCUT2D eigenvalue weighted by molar-refractivity contribution is 0.0526. The molecule has 6 heteroatoms. The molecule has 0 aliphatic carbocycles. The molecular formula is C15H23N3O3. The van der Waals surface area contributed by atoms with Gasteiger partial charge in [0.15, 0.2) is 0 Å². The molecule has 21 heavy (non-hydrogen) atoms. The number of hydrogen-bond acceptors (Lipinski definition) is 6. The highest BCUT2D eigenvalue weighted by molar-refractivity contribution is 5.89. The van der Waals surface area contributed by atoms with E-state index in [9.17, 15) is 4.79 Å². The Labute approximate surface area is 125 Å². The fourth-order valence-electron chi connectivity index (χ4n) is 2.56. The summed E-state index contributed by atoms with van der Waals surface area (Å²) < 4.78 is 10.2. The van der Waals surface area contributed by atoms with Crippen LogP contribution in [0, 0.1) is 0 Å². The normalized spacial score (nSPS) is 21.2. The summed E-state index contributed by atoms with van der Waals surface area (Å²) in [5, 5.41) is 6.80. The summed E-state index contributed by atoms with van der Waals surface area (Å²) >= 11 is 0. The van der Waals surface area contributed by atoms with Gasteiger partial charge in [-0.15, -0.1) is 0 Å². The summed E-state index contributed by atoms with van der Waals surface area (Å²) in [6.07, 6.45) is 3.76. The molecular weight excluding hydrogens is 270 g/mol. The summed E-state index contributed by atoms with van der Waals surface area (Å²) in [7, 11) is 1.72. The summed E-state index contributed by atoms with van der Waals surface area (Å²) in [6, 6.07) is 3.51. The van der Waals surface area contributed by atoms with E-state index in [1.54, 1.807) is 26.2 Å². The van der Waals surface area contributed by atoms with Gasteiger partial charge < -0.3 is 20.1 Å². The Morgan fingerprint density at radius 3 is 2.95 bits per heavy atom. The van der Waals surface area contributed by atoms with E-state index in [-0.39, 0.29) is 11.5 Å². The summed E-state index contributed by atoms with van der Waals surface area (Å²) in [6.45, 7) is 4.57. The Morgan fingerprint density at radius 1 is 1.52 bits per heavy atom. The van der Waals surface area contributed by atoms with Crippen LogP contribution in [0.15, 0.2) is 18.3 Å². The molecule has 0 spiro atoms. The number of aromatic nitrogens is 1. The minimum Gasteiger partial charge on any atom is -0.462 e. The average Bonchev–Trinajstić information content (AvgIpc) is 2.95. The van der Waals surface area contributed by atoms with E-state index in [1.165, 1.54) is 6.20 Å². The van der Waals surface area contributed by atoms with Crippen LogP contribution >= 0.6 is 0 Å². The fourth-order valence-corrected chi connectivity index (χ4v) is 2.56. The Kier molecular flexibility index (Phi) is 5.52. The molecule has 0 amide bonds. The predicted octanol–water partition coefficient (Wildman–Crippen LogP) is 1.44. The Balaban J connectivity index is 1.92. The third-order valence-corrected chi connectivity index (χ3v) is 3.64. The number of nitrogens with one attached hydrogen (secondary N) is 2. The first-order chi connectivity index (χ1) is 10.2. The van der Waals surface area contributed by atoms with Crippen molar-refractivity contribution in [1.29, 1.82) is 0 Å². The molecule has 1 aliphatic heterocycles. The van der Waals surface area contributed by atoms with Crippen LogP contribution in [0.5, 0.6) is 0 Å². The van der Waals surface area contributed by atoms with Crippen molar-refractivity contribution >= 4 is 11.8 Å². The number of anilines is 1. The van der Waals surface area contributed by atoms with Gasteiger partial charge in [0.25, 0.3) is 0 Å². The zero-order valence-corrected chi connectivity index (χ0v) is 12.6. The third kappa shape index (κ3) is 4.15. The van der Waals surface area contributed by atoms with Gasteiger partial charge in [0, 0.05) is 19.9 Å². The maximum absolute atomic E-state index is 11.6. The molecule has 1 atom stereocenters. The van der Waals surface area contributed by atoms with Crippen LogP contribution in [0.2, 0.25) is 0 Å². The van der Waals surface area contributed by atoms with E-state index < -0.39 is 0 Å². The lowest BCUT2D eigenvalue weighted by atomic mass is 9.99. The van der Waals surface area contributed by atoms with E-state index in [0.717, 1.165) is 31.7 Å².